The van der Waals surface area contributed by atoms with Crippen molar-refractivity contribution in [2.75, 3.05) is 0 Å². The second-order valence-electron chi connectivity index (χ2n) is 4.30. The van der Waals surface area contributed by atoms with Crippen LogP contribution in [0.15, 0.2) is 49.8 Å². The van der Waals surface area contributed by atoms with Crippen molar-refractivity contribution in [3.8, 4) is 11.5 Å². The molecule has 3 rings (SSSR count). The molecule has 0 spiro atoms. The summed E-state index contributed by atoms with van der Waals surface area (Å²) in [4.78, 5) is 4.57. The highest BCUT2D eigenvalue weighted by molar-refractivity contribution is 9.11. The van der Waals surface area contributed by atoms with Crippen molar-refractivity contribution >= 4 is 43.0 Å². The largest absolute Gasteiger partial charge is 0.436 e. The molecule has 0 saturated carbocycles. The molecule has 0 fully saturated rings. The summed E-state index contributed by atoms with van der Waals surface area (Å²) < 4.78 is 7.80. The minimum atomic E-state index is 0.641. The molecule has 0 N–H and O–H groups in total. The van der Waals surface area contributed by atoms with E-state index >= 15 is 0 Å². The maximum Gasteiger partial charge on any atom is 0.228 e. The zero-order chi connectivity index (χ0) is 13.4. The third kappa shape index (κ3) is 2.47. The van der Waals surface area contributed by atoms with Crippen LogP contribution >= 0.6 is 31.9 Å². The van der Waals surface area contributed by atoms with Gasteiger partial charge in [-0.05, 0) is 58.2 Å². The van der Waals surface area contributed by atoms with Crippen molar-refractivity contribution in [2.45, 2.75) is 13.3 Å². The van der Waals surface area contributed by atoms with E-state index in [-0.39, 0.29) is 0 Å². The van der Waals surface area contributed by atoms with Crippen LogP contribution in [-0.2, 0) is 6.42 Å². The standard InChI is InChI=1S/C15H11Br2NO/c1-2-9-3-6-14-13(7-9)18-15(19-14)11-5-4-10(16)8-12(11)17/h3-8H,2H2,1H3. The molecule has 0 atom stereocenters. The van der Waals surface area contributed by atoms with Gasteiger partial charge in [0, 0.05) is 8.95 Å². The Morgan fingerprint density at radius 2 is 1.95 bits per heavy atom. The summed E-state index contributed by atoms with van der Waals surface area (Å²) in [5.41, 5.74) is 3.95. The van der Waals surface area contributed by atoms with Crippen molar-refractivity contribution < 1.29 is 4.42 Å². The van der Waals surface area contributed by atoms with Gasteiger partial charge in [-0.2, -0.15) is 0 Å². The van der Waals surface area contributed by atoms with E-state index < -0.39 is 0 Å². The van der Waals surface area contributed by atoms with Crippen LogP contribution in [0.3, 0.4) is 0 Å². The molecule has 3 aromatic rings. The van der Waals surface area contributed by atoms with E-state index in [2.05, 4.69) is 55.9 Å². The number of halogens is 2. The first-order chi connectivity index (χ1) is 9.17. The van der Waals surface area contributed by atoms with Gasteiger partial charge in [-0.15, -0.1) is 0 Å². The quantitative estimate of drug-likeness (QED) is 0.579. The number of rotatable bonds is 2. The van der Waals surface area contributed by atoms with Crippen molar-refractivity contribution in [3.05, 3.63) is 50.9 Å². The van der Waals surface area contributed by atoms with Gasteiger partial charge in [-0.1, -0.05) is 28.9 Å². The SMILES string of the molecule is CCc1ccc2oc(-c3ccc(Br)cc3Br)nc2c1. The summed E-state index contributed by atoms with van der Waals surface area (Å²) in [6.07, 6.45) is 1.00. The Morgan fingerprint density at radius 1 is 1.11 bits per heavy atom. The Labute approximate surface area is 128 Å². The lowest BCUT2D eigenvalue weighted by molar-refractivity contribution is 0.619. The van der Waals surface area contributed by atoms with Crippen LogP contribution < -0.4 is 0 Å². The molecule has 0 aliphatic heterocycles. The van der Waals surface area contributed by atoms with Gasteiger partial charge in [0.2, 0.25) is 5.89 Å². The molecule has 19 heavy (non-hydrogen) atoms. The number of hydrogen-bond donors (Lipinski definition) is 0. The molecule has 0 aliphatic rings. The van der Waals surface area contributed by atoms with Crippen LogP contribution in [0.2, 0.25) is 0 Å². The molecule has 2 nitrogen and oxygen atoms in total. The van der Waals surface area contributed by atoms with E-state index in [1.807, 2.05) is 24.3 Å². The van der Waals surface area contributed by atoms with Crippen LogP contribution in [0.5, 0.6) is 0 Å². The third-order valence-corrected chi connectivity index (χ3v) is 4.17. The maximum atomic E-state index is 5.82. The van der Waals surface area contributed by atoms with E-state index in [1.165, 1.54) is 5.56 Å². The molecule has 0 amide bonds. The summed E-state index contributed by atoms with van der Waals surface area (Å²) in [5, 5.41) is 0. The highest BCUT2D eigenvalue weighted by Gasteiger charge is 2.11. The molecule has 96 valence electrons. The normalized spacial score (nSPS) is 11.1. The molecule has 1 aromatic heterocycles. The Balaban J connectivity index is 2.14. The molecular weight excluding hydrogens is 370 g/mol. The van der Waals surface area contributed by atoms with Gasteiger partial charge in [0.25, 0.3) is 0 Å². The number of nitrogens with zero attached hydrogens (tertiary/aromatic N) is 1. The summed E-state index contributed by atoms with van der Waals surface area (Å²) >= 11 is 6.98. The lowest BCUT2D eigenvalue weighted by Crippen LogP contribution is -1.80. The fourth-order valence-corrected chi connectivity index (χ4v) is 3.19. The number of fused-ring (bicyclic) bond motifs is 1. The van der Waals surface area contributed by atoms with Gasteiger partial charge in [-0.3, -0.25) is 0 Å². The smallest absolute Gasteiger partial charge is 0.228 e. The molecular formula is C15H11Br2NO. The van der Waals surface area contributed by atoms with Crippen molar-refractivity contribution in [3.63, 3.8) is 0 Å². The Hall–Kier alpha value is -1.13. The number of benzene rings is 2. The van der Waals surface area contributed by atoms with E-state index in [1.54, 1.807) is 0 Å². The summed E-state index contributed by atoms with van der Waals surface area (Å²) in [6, 6.07) is 12.1. The average molecular weight is 381 g/mol. The topological polar surface area (TPSA) is 26.0 Å². The monoisotopic (exact) mass is 379 g/mol. The van der Waals surface area contributed by atoms with E-state index in [0.717, 1.165) is 32.0 Å². The van der Waals surface area contributed by atoms with Crippen molar-refractivity contribution in [1.29, 1.82) is 0 Å². The molecule has 0 bridgehead atoms. The zero-order valence-electron chi connectivity index (χ0n) is 10.3. The predicted octanol–water partition coefficient (Wildman–Crippen LogP) is 5.58. The Bertz CT molecular complexity index is 749. The summed E-state index contributed by atoms with van der Waals surface area (Å²) in [6.45, 7) is 2.13. The van der Waals surface area contributed by atoms with Crippen molar-refractivity contribution in [1.82, 2.24) is 4.98 Å². The highest BCUT2D eigenvalue weighted by Crippen LogP contribution is 2.32. The van der Waals surface area contributed by atoms with Gasteiger partial charge < -0.3 is 4.42 Å². The minimum Gasteiger partial charge on any atom is -0.436 e. The zero-order valence-corrected chi connectivity index (χ0v) is 13.5. The van der Waals surface area contributed by atoms with Gasteiger partial charge in [0.1, 0.15) is 5.52 Å². The fraction of sp³-hybridized carbons (Fsp3) is 0.133. The van der Waals surface area contributed by atoms with Crippen LogP contribution in [-0.4, -0.2) is 4.98 Å². The number of hydrogen-bond acceptors (Lipinski definition) is 2. The first kappa shape index (κ1) is 12.9. The Kier molecular flexibility index (Phi) is 3.46. The van der Waals surface area contributed by atoms with Gasteiger partial charge in [-0.25, -0.2) is 4.98 Å². The first-order valence-electron chi connectivity index (χ1n) is 6.02. The fourth-order valence-electron chi connectivity index (χ4n) is 1.97. The van der Waals surface area contributed by atoms with Crippen LogP contribution in [0, 0.1) is 0 Å². The summed E-state index contributed by atoms with van der Waals surface area (Å²) in [7, 11) is 0. The van der Waals surface area contributed by atoms with E-state index in [0.29, 0.717) is 5.89 Å². The van der Waals surface area contributed by atoms with E-state index in [4.69, 9.17) is 4.42 Å². The molecule has 4 heteroatoms. The number of oxazole rings is 1. The molecule has 0 unspecified atom stereocenters. The predicted molar refractivity (Wildman–Crippen MR) is 84.2 cm³/mol. The first-order valence-corrected chi connectivity index (χ1v) is 7.61. The van der Waals surface area contributed by atoms with Gasteiger partial charge >= 0.3 is 0 Å². The lowest BCUT2D eigenvalue weighted by Gasteiger charge is -1.99. The second-order valence-corrected chi connectivity index (χ2v) is 6.07. The molecule has 0 radical (unpaired) electrons. The van der Waals surface area contributed by atoms with Gasteiger partial charge in [0.05, 0.1) is 5.56 Å². The molecule has 2 aromatic carbocycles. The Morgan fingerprint density at radius 3 is 2.68 bits per heavy atom. The third-order valence-electron chi connectivity index (χ3n) is 3.02. The van der Waals surface area contributed by atoms with Crippen molar-refractivity contribution in [2.24, 2.45) is 0 Å². The second kappa shape index (κ2) is 5.10. The maximum absolute atomic E-state index is 5.82. The number of aromatic nitrogens is 1. The van der Waals surface area contributed by atoms with Gasteiger partial charge in [0.15, 0.2) is 5.58 Å². The summed E-state index contributed by atoms with van der Waals surface area (Å²) in [5.74, 6) is 0.641. The minimum absolute atomic E-state index is 0.641. The molecule has 0 aliphatic carbocycles. The molecule has 1 heterocycles. The van der Waals surface area contributed by atoms with E-state index in [9.17, 15) is 0 Å². The average Bonchev–Trinajstić information content (AvgIpc) is 2.80. The lowest BCUT2D eigenvalue weighted by atomic mass is 10.1. The highest BCUT2D eigenvalue weighted by atomic mass is 79.9. The van der Waals surface area contributed by atoms with Crippen LogP contribution in [0.25, 0.3) is 22.6 Å². The van der Waals surface area contributed by atoms with Crippen LogP contribution in [0.4, 0.5) is 0 Å². The molecule has 0 saturated heterocycles. The van der Waals surface area contributed by atoms with Crippen LogP contribution in [0.1, 0.15) is 12.5 Å². The number of aryl methyl sites for hydroxylation is 1.